The Morgan fingerprint density at radius 1 is 1.39 bits per heavy atom. The lowest BCUT2D eigenvalue weighted by atomic mass is 9.97. The Kier molecular flexibility index (Phi) is 3.91. The first-order valence-corrected chi connectivity index (χ1v) is 8.42. The van der Waals surface area contributed by atoms with Gasteiger partial charge in [-0.3, -0.25) is 4.79 Å². The predicted molar refractivity (Wildman–Crippen MR) is 76.8 cm³/mol. The van der Waals surface area contributed by atoms with Gasteiger partial charge in [0.2, 0.25) is 5.91 Å². The zero-order valence-corrected chi connectivity index (χ0v) is 11.9. The van der Waals surface area contributed by atoms with E-state index in [9.17, 15) is 4.79 Å². The van der Waals surface area contributed by atoms with E-state index in [0.29, 0.717) is 17.6 Å². The molecule has 0 aromatic carbocycles. The molecule has 2 aliphatic rings. The average Bonchev–Trinajstić information content (AvgIpc) is 3.02. The Hall–Kier alpha value is -0.520. The second-order valence-corrected chi connectivity index (χ2v) is 6.97. The number of amides is 1. The van der Waals surface area contributed by atoms with Crippen LogP contribution in [0, 0.1) is 5.92 Å². The Morgan fingerprint density at radius 3 is 2.94 bits per heavy atom. The molecule has 1 aromatic rings. The molecule has 5 heteroatoms. The molecule has 3 nitrogen and oxygen atoms in total. The molecule has 0 radical (unpaired) electrons. The second-order valence-electron chi connectivity index (χ2n) is 4.92. The largest absolute Gasteiger partial charge is 0.325 e. The summed E-state index contributed by atoms with van der Waals surface area (Å²) in [5.41, 5.74) is 0. The van der Waals surface area contributed by atoms with Crippen LogP contribution in [-0.4, -0.2) is 36.2 Å². The third-order valence-corrected chi connectivity index (χ3v) is 5.98. The predicted octanol–water partition coefficient (Wildman–Crippen LogP) is 2.32. The highest BCUT2D eigenvalue weighted by Gasteiger charge is 2.34. The number of nitrogens with one attached hydrogen (secondary N) is 1. The smallest absolute Gasteiger partial charge is 0.233 e. The van der Waals surface area contributed by atoms with E-state index in [1.54, 1.807) is 23.1 Å². The highest BCUT2D eigenvalue weighted by molar-refractivity contribution is 8.00. The molecule has 1 atom stereocenters. The van der Waals surface area contributed by atoms with Crippen LogP contribution in [0.15, 0.2) is 17.5 Å². The zero-order valence-electron chi connectivity index (χ0n) is 10.3. The lowest BCUT2D eigenvalue weighted by Crippen LogP contribution is -2.37. The van der Waals surface area contributed by atoms with E-state index < -0.39 is 0 Å². The van der Waals surface area contributed by atoms with Crippen LogP contribution in [0.4, 0.5) is 0 Å². The molecule has 1 N–H and O–H groups in total. The lowest BCUT2D eigenvalue weighted by molar-refractivity contribution is -0.128. The fourth-order valence-corrected chi connectivity index (χ4v) is 4.84. The summed E-state index contributed by atoms with van der Waals surface area (Å²) in [7, 11) is 0. The minimum atomic E-state index is 0.271. The molecule has 1 amide bonds. The fraction of sp³-hybridized carbons (Fsp3) is 0.615. The summed E-state index contributed by atoms with van der Waals surface area (Å²) in [5.74, 6) is 1.64. The van der Waals surface area contributed by atoms with Crippen molar-refractivity contribution < 1.29 is 4.79 Å². The van der Waals surface area contributed by atoms with Gasteiger partial charge in [-0.15, -0.1) is 23.1 Å². The zero-order chi connectivity index (χ0) is 12.4. The second kappa shape index (κ2) is 5.63. The SMILES string of the molecule is O=C1CSC(c2cccs2)N1CC1CCNCC1. The molecular formula is C13H18N2OS2. The van der Waals surface area contributed by atoms with Gasteiger partial charge in [0.05, 0.1) is 5.75 Å². The maximum atomic E-state index is 12.0. The van der Waals surface area contributed by atoms with Crippen LogP contribution in [-0.2, 0) is 4.79 Å². The molecule has 0 aliphatic carbocycles. The van der Waals surface area contributed by atoms with Crippen molar-refractivity contribution in [1.82, 2.24) is 10.2 Å². The van der Waals surface area contributed by atoms with Gasteiger partial charge in [0.1, 0.15) is 5.37 Å². The number of carbonyl (C=O) groups is 1. The van der Waals surface area contributed by atoms with E-state index in [4.69, 9.17) is 0 Å². The summed E-state index contributed by atoms with van der Waals surface area (Å²) in [4.78, 5) is 15.5. The van der Waals surface area contributed by atoms with Crippen LogP contribution in [0.2, 0.25) is 0 Å². The van der Waals surface area contributed by atoms with Gasteiger partial charge < -0.3 is 10.2 Å². The van der Waals surface area contributed by atoms with Crippen molar-refractivity contribution in [2.45, 2.75) is 18.2 Å². The first kappa shape index (κ1) is 12.5. The van der Waals surface area contributed by atoms with Gasteiger partial charge in [0.15, 0.2) is 0 Å². The number of nitrogens with zero attached hydrogens (tertiary/aromatic N) is 1. The summed E-state index contributed by atoms with van der Waals surface area (Å²) in [6.07, 6.45) is 2.40. The van der Waals surface area contributed by atoms with E-state index in [1.165, 1.54) is 17.7 Å². The fourth-order valence-electron chi connectivity index (χ4n) is 2.66. The van der Waals surface area contributed by atoms with Crippen LogP contribution in [0.3, 0.4) is 0 Å². The number of thioether (sulfide) groups is 1. The van der Waals surface area contributed by atoms with Gasteiger partial charge in [0, 0.05) is 11.4 Å². The van der Waals surface area contributed by atoms with Crippen LogP contribution in [0.25, 0.3) is 0 Å². The van der Waals surface area contributed by atoms with E-state index in [2.05, 4.69) is 27.7 Å². The lowest BCUT2D eigenvalue weighted by Gasteiger charge is -2.30. The van der Waals surface area contributed by atoms with Gasteiger partial charge in [-0.25, -0.2) is 0 Å². The maximum Gasteiger partial charge on any atom is 0.233 e. The number of hydrogen-bond acceptors (Lipinski definition) is 4. The topological polar surface area (TPSA) is 32.3 Å². The summed E-state index contributed by atoms with van der Waals surface area (Å²) in [6.45, 7) is 3.14. The van der Waals surface area contributed by atoms with Gasteiger partial charge >= 0.3 is 0 Å². The number of thiophene rings is 1. The van der Waals surface area contributed by atoms with Crippen LogP contribution >= 0.6 is 23.1 Å². The molecule has 1 unspecified atom stereocenters. The molecule has 98 valence electrons. The van der Waals surface area contributed by atoms with Crippen molar-refractivity contribution in [1.29, 1.82) is 0 Å². The molecule has 2 aliphatic heterocycles. The Bertz CT molecular complexity index is 401. The van der Waals surface area contributed by atoms with Gasteiger partial charge in [0.25, 0.3) is 0 Å². The molecule has 18 heavy (non-hydrogen) atoms. The standard InChI is InChI=1S/C13H18N2OS2/c16-12-9-18-13(11-2-1-7-17-11)15(12)8-10-3-5-14-6-4-10/h1-2,7,10,13-14H,3-6,8-9H2. The minimum Gasteiger partial charge on any atom is -0.325 e. The average molecular weight is 282 g/mol. The summed E-state index contributed by atoms with van der Waals surface area (Å²) in [5, 5.41) is 5.75. The molecule has 0 bridgehead atoms. The van der Waals surface area contributed by atoms with Crippen molar-refractivity contribution in [3.05, 3.63) is 22.4 Å². The van der Waals surface area contributed by atoms with Crippen LogP contribution in [0.5, 0.6) is 0 Å². The third-order valence-electron chi connectivity index (χ3n) is 3.67. The van der Waals surface area contributed by atoms with Crippen LogP contribution < -0.4 is 5.32 Å². The molecule has 3 heterocycles. The van der Waals surface area contributed by atoms with E-state index in [1.807, 2.05) is 0 Å². The number of carbonyl (C=O) groups excluding carboxylic acids is 1. The highest BCUT2D eigenvalue weighted by Crippen LogP contribution is 2.41. The first-order valence-electron chi connectivity index (χ1n) is 6.50. The van der Waals surface area contributed by atoms with E-state index in [0.717, 1.165) is 19.6 Å². The van der Waals surface area contributed by atoms with Gasteiger partial charge in [-0.1, -0.05) is 6.07 Å². The van der Waals surface area contributed by atoms with E-state index in [-0.39, 0.29) is 5.37 Å². The van der Waals surface area contributed by atoms with Crippen molar-refractivity contribution in [2.24, 2.45) is 5.92 Å². The highest BCUT2D eigenvalue weighted by atomic mass is 32.2. The maximum absolute atomic E-state index is 12.0. The van der Waals surface area contributed by atoms with E-state index >= 15 is 0 Å². The van der Waals surface area contributed by atoms with Crippen molar-refractivity contribution in [2.75, 3.05) is 25.4 Å². The molecular weight excluding hydrogens is 264 g/mol. The van der Waals surface area contributed by atoms with Crippen molar-refractivity contribution in [3.63, 3.8) is 0 Å². The molecule has 1 aromatic heterocycles. The molecule has 3 rings (SSSR count). The van der Waals surface area contributed by atoms with Crippen LogP contribution in [0.1, 0.15) is 23.1 Å². The molecule has 2 saturated heterocycles. The monoisotopic (exact) mass is 282 g/mol. The first-order chi connectivity index (χ1) is 8.84. The van der Waals surface area contributed by atoms with Crippen molar-refractivity contribution in [3.8, 4) is 0 Å². The number of piperidine rings is 1. The molecule has 0 spiro atoms. The molecule has 2 fully saturated rings. The molecule has 0 saturated carbocycles. The third kappa shape index (κ3) is 2.58. The summed E-state index contributed by atoms with van der Waals surface area (Å²) >= 11 is 3.54. The Morgan fingerprint density at radius 2 is 2.22 bits per heavy atom. The van der Waals surface area contributed by atoms with Crippen molar-refractivity contribution >= 4 is 29.0 Å². The van der Waals surface area contributed by atoms with Gasteiger partial charge in [-0.05, 0) is 43.3 Å². The quantitative estimate of drug-likeness (QED) is 0.923. The Balaban J connectivity index is 1.69. The summed E-state index contributed by atoms with van der Waals surface area (Å²) < 4.78 is 0. The minimum absolute atomic E-state index is 0.271. The number of hydrogen-bond donors (Lipinski definition) is 1. The Labute approximate surface area is 116 Å². The number of rotatable bonds is 3. The van der Waals surface area contributed by atoms with Gasteiger partial charge in [-0.2, -0.15) is 0 Å². The summed E-state index contributed by atoms with van der Waals surface area (Å²) in [6, 6.07) is 4.22. The normalized spacial score (nSPS) is 25.9.